The summed E-state index contributed by atoms with van der Waals surface area (Å²) in [6.45, 7) is 0. The lowest BCUT2D eigenvalue weighted by molar-refractivity contribution is -0.137. The van der Waals surface area contributed by atoms with Crippen molar-refractivity contribution in [2.75, 3.05) is 0 Å². The first-order valence-corrected chi connectivity index (χ1v) is 5.52. The fourth-order valence-electron chi connectivity index (χ4n) is 1.39. The molecule has 0 atom stereocenters. The van der Waals surface area contributed by atoms with Crippen LogP contribution in [0.5, 0.6) is 0 Å². The average molecular weight is 321 g/mol. The van der Waals surface area contributed by atoms with Gasteiger partial charge < -0.3 is 0 Å². The van der Waals surface area contributed by atoms with Crippen molar-refractivity contribution in [1.82, 2.24) is 9.97 Å². The standard InChI is InChI=1S/C11H5BrF4N2/c12-10-8(13)9(17-5-18-10)6-2-1-3-7(4-6)11(14,15)16/h1-5H. The van der Waals surface area contributed by atoms with Gasteiger partial charge in [-0.05, 0) is 28.1 Å². The second kappa shape index (κ2) is 4.64. The Hall–Kier alpha value is -1.50. The van der Waals surface area contributed by atoms with Crippen molar-refractivity contribution in [2.45, 2.75) is 6.18 Å². The molecule has 94 valence electrons. The van der Waals surface area contributed by atoms with Crippen molar-refractivity contribution < 1.29 is 17.6 Å². The van der Waals surface area contributed by atoms with Crippen LogP contribution >= 0.6 is 15.9 Å². The number of aromatic nitrogens is 2. The Bertz CT molecular complexity index is 583. The van der Waals surface area contributed by atoms with E-state index in [0.717, 1.165) is 18.5 Å². The van der Waals surface area contributed by atoms with E-state index in [1.165, 1.54) is 12.1 Å². The minimum absolute atomic E-state index is 0.0467. The molecule has 2 nitrogen and oxygen atoms in total. The third-order valence-corrected chi connectivity index (χ3v) is 2.76. The van der Waals surface area contributed by atoms with Crippen LogP contribution in [0.1, 0.15) is 5.56 Å². The lowest BCUT2D eigenvalue weighted by Crippen LogP contribution is -2.05. The molecule has 1 aromatic heterocycles. The summed E-state index contributed by atoms with van der Waals surface area (Å²) in [4.78, 5) is 7.19. The molecule has 1 aromatic carbocycles. The second-order valence-electron chi connectivity index (χ2n) is 3.41. The minimum Gasteiger partial charge on any atom is -0.233 e. The lowest BCUT2D eigenvalue weighted by Gasteiger charge is -2.09. The normalized spacial score (nSPS) is 11.6. The smallest absolute Gasteiger partial charge is 0.233 e. The SMILES string of the molecule is Fc1c(Br)ncnc1-c1cccc(C(F)(F)F)c1. The van der Waals surface area contributed by atoms with Crippen molar-refractivity contribution >= 4 is 15.9 Å². The third kappa shape index (κ3) is 2.50. The minimum atomic E-state index is -4.48. The molecule has 0 amide bonds. The molecule has 0 saturated heterocycles. The molecular weight excluding hydrogens is 316 g/mol. The second-order valence-corrected chi connectivity index (χ2v) is 4.16. The maximum Gasteiger partial charge on any atom is 0.416 e. The molecule has 0 unspecified atom stereocenters. The highest BCUT2D eigenvalue weighted by atomic mass is 79.9. The quantitative estimate of drug-likeness (QED) is 0.585. The largest absolute Gasteiger partial charge is 0.416 e. The maximum absolute atomic E-state index is 13.7. The molecule has 2 aromatic rings. The average Bonchev–Trinajstić information content (AvgIpc) is 2.32. The summed E-state index contributed by atoms with van der Waals surface area (Å²) >= 11 is 2.85. The summed E-state index contributed by atoms with van der Waals surface area (Å²) in [6, 6.07) is 4.32. The van der Waals surface area contributed by atoms with Crippen LogP contribution in [0.3, 0.4) is 0 Å². The maximum atomic E-state index is 13.7. The summed E-state index contributed by atoms with van der Waals surface area (Å²) < 4.78 is 51.2. The van der Waals surface area contributed by atoms with Gasteiger partial charge in [0.1, 0.15) is 16.6 Å². The number of hydrogen-bond donors (Lipinski definition) is 0. The van der Waals surface area contributed by atoms with Crippen molar-refractivity contribution in [2.24, 2.45) is 0 Å². The molecule has 0 aliphatic heterocycles. The monoisotopic (exact) mass is 320 g/mol. The molecule has 0 bridgehead atoms. The van der Waals surface area contributed by atoms with E-state index in [1.807, 2.05) is 0 Å². The van der Waals surface area contributed by atoms with Crippen molar-refractivity contribution in [3.63, 3.8) is 0 Å². The van der Waals surface area contributed by atoms with Gasteiger partial charge in [-0.25, -0.2) is 14.4 Å². The summed E-state index contributed by atoms with van der Waals surface area (Å²) in [5.74, 6) is -0.795. The van der Waals surface area contributed by atoms with Gasteiger partial charge in [-0.3, -0.25) is 0 Å². The molecule has 2 rings (SSSR count). The zero-order chi connectivity index (χ0) is 13.3. The van der Waals surface area contributed by atoms with Crippen LogP contribution in [-0.4, -0.2) is 9.97 Å². The van der Waals surface area contributed by atoms with Crippen molar-refractivity contribution in [1.29, 1.82) is 0 Å². The van der Waals surface area contributed by atoms with Crippen LogP contribution in [0.2, 0.25) is 0 Å². The number of hydrogen-bond acceptors (Lipinski definition) is 2. The highest BCUT2D eigenvalue weighted by Crippen LogP contribution is 2.32. The molecule has 0 fully saturated rings. The van der Waals surface area contributed by atoms with Crippen molar-refractivity contribution in [3.05, 3.63) is 46.6 Å². The van der Waals surface area contributed by atoms with Crippen LogP contribution in [0, 0.1) is 5.82 Å². The van der Waals surface area contributed by atoms with Gasteiger partial charge in [0.2, 0.25) is 0 Å². The van der Waals surface area contributed by atoms with Crippen LogP contribution in [0.4, 0.5) is 17.6 Å². The van der Waals surface area contributed by atoms with E-state index in [-0.39, 0.29) is 15.9 Å². The Balaban J connectivity index is 2.55. The number of rotatable bonds is 1. The van der Waals surface area contributed by atoms with E-state index < -0.39 is 17.6 Å². The molecule has 0 saturated carbocycles. The van der Waals surface area contributed by atoms with E-state index in [9.17, 15) is 17.6 Å². The zero-order valence-corrected chi connectivity index (χ0v) is 10.3. The van der Waals surface area contributed by atoms with E-state index in [4.69, 9.17) is 0 Å². The molecule has 18 heavy (non-hydrogen) atoms. The first-order chi connectivity index (χ1) is 8.39. The molecule has 0 radical (unpaired) electrons. The van der Waals surface area contributed by atoms with Gasteiger partial charge in [-0.1, -0.05) is 12.1 Å². The van der Waals surface area contributed by atoms with Gasteiger partial charge in [-0.2, -0.15) is 13.2 Å². The zero-order valence-electron chi connectivity index (χ0n) is 8.67. The van der Waals surface area contributed by atoms with Crippen LogP contribution in [0.25, 0.3) is 11.3 Å². The topological polar surface area (TPSA) is 25.8 Å². The summed E-state index contributed by atoms with van der Waals surface area (Å²) in [5, 5.41) is 0. The number of alkyl halides is 3. The molecule has 0 aliphatic rings. The number of nitrogens with zero attached hydrogens (tertiary/aromatic N) is 2. The van der Waals surface area contributed by atoms with E-state index in [0.29, 0.717) is 0 Å². The fourth-order valence-corrected chi connectivity index (χ4v) is 1.67. The van der Waals surface area contributed by atoms with E-state index >= 15 is 0 Å². The van der Waals surface area contributed by atoms with E-state index in [2.05, 4.69) is 25.9 Å². The summed E-state index contributed by atoms with van der Waals surface area (Å²) in [7, 11) is 0. The Morgan fingerprint density at radius 2 is 1.83 bits per heavy atom. The highest BCUT2D eigenvalue weighted by Gasteiger charge is 2.30. The van der Waals surface area contributed by atoms with E-state index in [1.54, 1.807) is 0 Å². The Morgan fingerprint density at radius 1 is 1.11 bits per heavy atom. The van der Waals surface area contributed by atoms with Gasteiger partial charge in [-0.15, -0.1) is 0 Å². The number of benzene rings is 1. The van der Waals surface area contributed by atoms with Crippen LogP contribution in [0.15, 0.2) is 35.2 Å². The predicted molar refractivity (Wildman–Crippen MR) is 60.1 cm³/mol. The first kappa shape index (κ1) is 12.9. The number of halogens is 5. The van der Waals surface area contributed by atoms with Gasteiger partial charge in [0, 0.05) is 5.56 Å². The molecular formula is C11H5BrF4N2. The third-order valence-electron chi connectivity index (χ3n) is 2.21. The highest BCUT2D eigenvalue weighted by molar-refractivity contribution is 9.10. The Kier molecular flexibility index (Phi) is 3.34. The Morgan fingerprint density at radius 3 is 2.50 bits per heavy atom. The van der Waals surface area contributed by atoms with Crippen LogP contribution < -0.4 is 0 Å². The van der Waals surface area contributed by atoms with Crippen molar-refractivity contribution in [3.8, 4) is 11.3 Å². The van der Waals surface area contributed by atoms with Gasteiger partial charge in [0.15, 0.2) is 5.82 Å². The fraction of sp³-hybridized carbons (Fsp3) is 0.0909. The van der Waals surface area contributed by atoms with Gasteiger partial charge >= 0.3 is 6.18 Å². The molecule has 0 aliphatic carbocycles. The van der Waals surface area contributed by atoms with Gasteiger partial charge in [0.05, 0.1) is 5.56 Å². The molecule has 1 heterocycles. The summed E-state index contributed by atoms with van der Waals surface area (Å²) in [6.07, 6.45) is -3.40. The first-order valence-electron chi connectivity index (χ1n) is 4.73. The summed E-state index contributed by atoms with van der Waals surface area (Å²) in [5.41, 5.74) is -0.984. The Labute approximate surface area is 108 Å². The van der Waals surface area contributed by atoms with Crippen LogP contribution in [-0.2, 0) is 6.18 Å². The predicted octanol–water partition coefficient (Wildman–Crippen LogP) is 4.06. The molecule has 7 heteroatoms. The van der Waals surface area contributed by atoms with Gasteiger partial charge in [0.25, 0.3) is 0 Å². The molecule has 0 N–H and O–H groups in total. The lowest BCUT2D eigenvalue weighted by atomic mass is 10.1. The molecule has 0 spiro atoms.